The molecule has 4 nitrogen and oxygen atoms in total. The fourth-order valence-electron chi connectivity index (χ4n) is 6.73. The first-order valence-electron chi connectivity index (χ1n) is 17.0. The van der Waals surface area contributed by atoms with E-state index in [1.54, 1.807) is 0 Å². The first-order chi connectivity index (χ1) is 22.9. The first-order valence-corrected chi connectivity index (χ1v) is 18.8. The molecule has 5 rings (SSSR count). The van der Waals surface area contributed by atoms with Crippen LogP contribution in [0.3, 0.4) is 0 Å². The summed E-state index contributed by atoms with van der Waals surface area (Å²) in [4.78, 5) is 5.01. The van der Waals surface area contributed by atoms with Gasteiger partial charge < -0.3 is 10.2 Å². The van der Waals surface area contributed by atoms with E-state index in [9.17, 15) is 10.2 Å². The van der Waals surface area contributed by atoms with E-state index < -0.39 is 7.05 Å². The summed E-state index contributed by atoms with van der Waals surface area (Å²) in [6.45, 7) is 23.1. The Morgan fingerprint density at radius 2 is 1.02 bits per heavy atom. The quantitative estimate of drug-likeness (QED) is 0.139. The molecule has 0 amide bonds. The zero-order chi connectivity index (χ0) is 35.9. The summed E-state index contributed by atoms with van der Waals surface area (Å²) in [5, 5.41) is 27.3. The van der Waals surface area contributed by atoms with Gasteiger partial charge in [-0.25, -0.2) is 0 Å². The molecule has 0 fully saturated rings. The average Bonchev–Trinajstić information content (AvgIpc) is 3.01. The Morgan fingerprint density at radius 3 is 1.51 bits per heavy atom. The second-order valence-electron chi connectivity index (χ2n) is 15.5. The number of aromatic hydroxyl groups is 2. The number of phenolic OH excluding ortho intramolecular Hbond substituents is 2. The molecular formula is C44H51N2O2P. The van der Waals surface area contributed by atoms with Gasteiger partial charge >= 0.3 is 0 Å². The van der Waals surface area contributed by atoms with Gasteiger partial charge in [0.15, 0.2) is 0 Å². The molecule has 0 unspecified atom stereocenters. The molecule has 0 aromatic heterocycles. The molecule has 254 valence electrons. The molecule has 0 aliphatic rings. The van der Waals surface area contributed by atoms with Gasteiger partial charge in [0.05, 0.1) is 18.4 Å². The zero-order valence-corrected chi connectivity index (χ0v) is 31.9. The van der Waals surface area contributed by atoms with Gasteiger partial charge in [-0.05, 0) is 85.9 Å². The standard InChI is InChI=1S/C44H51N2O2P/c1-28-21-31(4)40(32(5)22-28)45-27-33-17-15-16-20-37(33)46-49(34-18-13-12-14-19-34,38-25-29(2)23-35(41(38)47)43(6,7)8)39-26-30(3)24-36(42(39)48)44(9,10)11/h12-27,47-48H,1-11H3. The average molecular weight is 671 g/mol. The Kier molecular flexibility index (Phi) is 9.88. The summed E-state index contributed by atoms with van der Waals surface area (Å²) in [5.74, 6) is 0.434. The van der Waals surface area contributed by atoms with Crippen LogP contribution in [0.4, 0.5) is 11.4 Å². The molecule has 0 heterocycles. The van der Waals surface area contributed by atoms with E-state index in [2.05, 4.69) is 125 Å². The van der Waals surface area contributed by atoms with E-state index in [-0.39, 0.29) is 22.3 Å². The van der Waals surface area contributed by atoms with Crippen molar-refractivity contribution in [2.45, 2.75) is 87.0 Å². The third-order valence-corrected chi connectivity index (χ3v) is 12.7. The summed E-state index contributed by atoms with van der Waals surface area (Å²) in [6, 6.07) is 30.9. The van der Waals surface area contributed by atoms with E-state index in [1.807, 2.05) is 48.7 Å². The van der Waals surface area contributed by atoms with Gasteiger partial charge in [0.1, 0.15) is 11.5 Å². The molecule has 5 aromatic carbocycles. The van der Waals surface area contributed by atoms with E-state index >= 15 is 0 Å². The van der Waals surface area contributed by atoms with Gasteiger partial charge in [-0.15, -0.1) is 0 Å². The lowest BCUT2D eigenvalue weighted by Gasteiger charge is -2.33. The summed E-state index contributed by atoms with van der Waals surface area (Å²) >= 11 is 0. The van der Waals surface area contributed by atoms with E-state index in [1.165, 1.54) is 5.56 Å². The van der Waals surface area contributed by atoms with Gasteiger partial charge in [0.25, 0.3) is 0 Å². The number of hydrogen-bond acceptors (Lipinski definition) is 4. The number of hydrogen-bond donors (Lipinski definition) is 2. The molecule has 2 N–H and O–H groups in total. The predicted octanol–water partition coefficient (Wildman–Crippen LogP) is 10.8. The van der Waals surface area contributed by atoms with Crippen LogP contribution in [0.2, 0.25) is 0 Å². The van der Waals surface area contributed by atoms with Crippen LogP contribution >= 0.6 is 7.05 Å². The maximum atomic E-state index is 12.4. The molecule has 5 heteroatoms. The van der Waals surface area contributed by atoms with Crippen LogP contribution in [0.1, 0.15) is 86.1 Å². The lowest BCUT2D eigenvalue weighted by atomic mass is 9.85. The predicted molar refractivity (Wildman–Crippen MR) is 212 cm³/mol. The minimum absolute atomic E-state index is 0.217. The number of rotatable bonds is 6. The lowest BCUT2D eigenvalue weighted by molar-refractivity contribution is 0.450. The molecule has 0 aliphatic carbocycles. The number of aliphatic imine (C=N–C) groups is 1. The van der Waals surface area contributed by atoms with Gasteiger partial charge in [0.2, 0.25) is 0 Å². The van der Waals surface area contributed by atoms with E-state index in [4.69, 9.17) is 9.74 Å². The highest BCUT2D eigenvalue weighted by molar-refractivity contribution is 7.87. The Labute approximate surface area is 293 Å². The maximum absolute atomic E-state index is 12.4. The molecule has 49 heavy (non-hydrogen) atoms. The third kappa shape index (κ3) is 7.17. The lowest BCUT2D eigenvalue weighted by Crippen LogP contribution is -2.29. The van der Waals surface area contributed by atoms with Crippen LogP contribution in [0.25, 0.3) is 0 Å². The number of phenols is 2. The summed E-state index contributed by atoms with van der Waals surface area (Å²) < 4.78 is 5.82. The molecule has 5 aromatic rings. The fourth-order valence-corrected chi connectivity index (χ4v) is 10.6. The molecule has 0 spiro atoms. The summed E-state index contributed by atoms with van der Waals surface area (Å²) in [5.41, 5.74) is 9.06. The van der Waals surface area contributed by atoms with Gasteiger partial charge in [-0.3, -0.25) is 9.74 Å². The topological polar surface area (TPSA) is 65.2 Å². The van der Waals surface area contributed by atoms with Crippen molar-refractivity contribution in [2.24, 2.45) is 9.74 Å². The van der Waals surface area contributed by atoms with Crippen molar-refractivity contribution in [2.75, 3.05) is 0 Å². The van der Waals surface area contributed by atoms with Crippen LogP contribution in [-0.4, -0.2) is 16.4 Å². The zero-order valence-electron chi connectivity index (χ0n) is 31.0. The van der Waals surface area contributed by atoms with Gasteiger partial charge in [-0.1, -0.05) is 120 Å². The highest BCUT2D eigenvalue weighted by Gasteiger charge is 2.37. The number of aryl methyl sites for hydroxylation is 5. The Hall–Kier alpha value is -4.40. The third-order valence-electron chi connectivity index (χ3n) is 9.07. The van der Waals surface area contributed by atoms with Crippen LogP contribution in [0.5, 0.6) is 11.5 Å². The number of benzene rings is 5. The van der Waals surface area contributed by atoms with Crippen molar-refractivity contribution in [1.82, 2.24) is 0 Å². The Bertz CT molecular complexity index is 2020. The van der Waals surface area contributed by atoms with Crippen LogP contribution in [0, 0.1) is 34.6 Å². The van der Waals surface area contributed by atoms with E-state index in [0.717, 1.165) is 66.2 Å². The summed E-state index contributed by atoms with van der Waals surface area (Å²) in [7, 11) is -3.18. The van der Waals surface area contributed by atoms with E-state index in [0.29, 0.717) is 0 Å². The highest BCUT2D eigenvalue weighted by Crippen LogP contribution is 2.55. The molecule has 0 radical (unpaired) electrons. The van der Waals surface area contributed by atoms with Crippen molar-refractivity contribution >= 4 is 40.6 Å². The molecule has 0 aliphatic heterocycles. The minimum atomic E-state index is -3.18. The molecule has 0 bridgehead atoms. The van der Waals surface area contributed by atoms with Crippen molar-refractivity contribution in [3.8, 4) is 11.5 Å². The monoisotopic (exact) mass is 670 g/mol. The molecular weight excluding hydrogens is 619 g/mol. The van der Waals surface area contributed by atoms with Crippen molar-refractivity contribution in [3.05, 3.63) is 136 Å². The van der Waals surface area contributed by atoms with Crippen molar-refractivity contribution < 1.29 is 10.2 Å². The smallest absolute Gasteiger partial charge is 0.129 e. The normalized spacial score (nSPS) is 12.5. The van der Waals surface area contributed by atoms with Crippen LogP contribution in [0.15, 0.2) is 101 Å². The highest BCUT2D eigenvalue weighted by atomic mass is 31.2. The maximum Gasteiger partial charge on any atom is 0.129 e. The molecule has 0 saturated heterocycles. The summed E-state index contributed by atoms with van der Waals surface area (Å²) in [6.07, 6.45) is 1.90. The molecule has 0 saturated carbocycles. The SMILES string of the molecule is Cc1cc(C)c(N=Cc2ccccc2N=P(c2ccccc2)(c2cc(C)cc(C(C)(C)C)c2O)c2cc(C)cc(C(C)(C)C)c2O)c(C)c1. The fraction of sp³-hybridized carbons (Fsp3) is 0.295. The molecule has 0 atom stereocenters. The van der Waals surface area contributed by atoms with Gasteiger partial charge in [-0.2, -0.15) is 0 Å². The number of nitrogens with zero attached hydrogens (tertiary/aromatic N) is 2. The van der Waals surface area contributed by atoms with Crippen molar-refractivity contribution in [1.29, 1.82) is 0 Å². The first kappa shape index (κ1) is 35.9. The van der Waals surface area contributed by atoms with Gasteiger partial charge in [0, 0.05) is 38.8 Å². The van der Waals surface area contributed by atoms with Crippen LogP contribution < -0.4 is 15.9 Å². The van der Waals surface area contributed by atoms with Crippen molar-refractivity contribution in [3.63, 3.8) is 0 Å². The minimum Gasteiger partial charge on any atom is -0.507 e. The Morgan fingerprint density at radius 1 is 0.571 bits per heavy atom. The second-order valence-corrected chi connectivity index (χ2v) is 18.4. The Balaban J connectivity index is 2.00. The van der Waals surface area contributed by atoms with Crippen LogP contribution in [-0.2, 0) is 10.8 Å². The largest absolute Gasteiger partial charge is 0.507 e. The second kappa shape index (κ2) is 13.5.